The zero-order chi connectivity index (χ0) is 58.8. The second-order valence-corrected chi connectivity index (χ2v) is 23.7. The molecule has 2 aliphatic rings. The van der Waals surface area contributed by atoms with E-state index in [1.165, 1.54) is 54.7 Å². The van der Waals surface area contributed by atoms with Gasteiger partial charge in [0.05, 0.1) is 27.8 Å². The van der Waals surface area contributed by atoms with Gasteiger partial charge < -0.3 is 28.6 Å². The maximum Gasteiger partial charge on any atom is 0.256 e. The Morgan fingerprint density at radius 2 is 0.742 bits per heavy atom. The third-order valence-corrected chi connectivity index (χ3v) is 18.7. The number of fused-ring (bicyclic) bond motifs is 14. The molecular formula is C82H56BN5O. The van der Waals surface area contributed by atoms with Gasteiger partial charge in [-0.3, -0.25) is 0 Å². The van der Waals surface area contributed by atoms with Gasteiger partial charge >= 0.3 is 0 Å². The Kier molecular flexibility index (Phi) is 11.4. The number of aryl methyl sites for hydroxylation is 2. The standard InChI is InChI=1S/C82H56BN5O/c1-53-23-21-24-54(2)80(53)88-73-37-22-38-77-79(73)83(71-51-74-69(49-76(71)88)67-43-39-55-47-63(41-45-65(55)81(67)86(74)61-33-17-7-18-34-61)84(57-25-9-3-10-26-57)58-27-11-4-12-28-58)72-52-75-70(50-78(72)89-77)68-44-40-56-48-64(42-46-66(56)82(68)87(75)62-35-19-8-20-36-62)85(59-29-13-5-14-30-59)60-31-15-6-16-32-60/h3-52H,1-2H3. The molecule has 0 fully saturated rings. The normalized spacial score (nSPS) is 12.4. The van der Waals surface area contributed by atoms with Gasteiger partial charge in [-0.1, -0.05) is 170 Å². The van der Waals surface area contributed by atoms with E-state index >= 15 is 0 Å². The Morgan fingerprint density at radius 3 is 1.22 bits per heavy atom. The molecule has 0 amide bonds. The second kappa shape index (κ2) is 20.0. The van der Waals surface area contributed by atoms with E-state index in [1.54, 1.807) is 0 Å². The predicted octanol–water partition coefficient (Wildman–Crippen LogP) is 20.1. The first-order valence-corrected chi connectivity index (χ1v) is 30.7. The number of ether oxygens (including phenoxy) is 1. The fraction of sp³-hybridized carbons (Fsp3) is 0.0244. The molecule has 418 valence electrons. The number of para-hydroxylation sites is 7. The zero-order valence-corrected chi connectivity index (χ0v) is 49.1. The van der Waals surface area contributed by atoms with Crippen LogP contribution in [0.25, 0.3) is 76.5 Å². The number of rotatable bonds is 9. The lowest BCUT2D eigenvalue weighted by molar-refractivity contribution is 0.488. The summed E-state index contributed by atoms with van der Waals surface area (Å²) >= 11 is 0. The number of hydrogen-bond acceptors (Lipinski definition) is 4. The van der Waals surface area contributed by atoms with Crippen LogP contribution in [0.15, 0.2) is 303 Å². The van der Waals surface area contributed by atoms with Crippen LogP contribution in [0.5, 0.6) is 11.5 Å². The average molecular weight is 1140 g/mol. The number of aromatic nitrogens is 2. The molecule has 2 aliphatic heterocycles. The molecular weight excluding hydrogens is 1080 g/mol. The van der Waals surface area contributed by atoms with E-state index < -0.39 is 0 Å². The first kappa shape index (κ1) is 50.8. The molecule has 0 radical (unpaired) electrons. The van der Waals surface area contributed by atoms with E-state index in [9.17, 15) is 0 Å². The zero-order valence-electron chi connectivity index (χ0n) is 49.1. The predicted molar refractivity (Wildman–Crippen MR) is 375 cm³/mol. The van der Waals surface area contributed by atoms with Gasteiger partial charge in [0.2, 0.25) is 0 Å². The van der Waals surface area contributed by atoms with E-state index in [2.05, 4.69) is 341 Å². The van der Waals surface area contributed by atoms with Crippen molar-refractivity contribution in [3.63, 3.8) is 0 Å². The highest BCUT2D eigenvalue weighted by Gasteiger charge is 2.43. The minimum atomic E-state index is -0.193. The van der Waals surface area contributed by atoms with Crippen molar-refractivity contribution in [1.82, 2.24) is 9.13 Å². The van der Waals surface area contributed by atoms with Crippen molar-refractivity contribution in [3.8, 4) is 22.9 Å². The third kappa shape index (κ3) is 7.85. The van der Waals surface area contributed by atoms with Crippen LogP contribution in [0.4, 0.5) is 51.2 Å². The molecule has 0 saturated heterocycles. The highest BCUT2D eigenvalue weighted by Crippen LogP contribution is 2.49. The summed E-state index contributed by atoms with van der Waals surface area (Å²) in [4.78, 5) is 7.23. The van der Waals surface area contributed by atoms with Gasteiger partial charge in [-0.25, -0.2) is 0 Å². The molecule has 0 atom stereocenters. The van der Waals surface area contributed by atoms with Crippen molar-refractivity contribution in [1.29, 1.82) is 0 Å². The summed E-state index contributed by atoms with van der Waals surface area (Å²) < 4.78 is 12.4. The summed E-state index contributed by atoms with van der Waals surface area (Å²) in [5.41, 5.74) is 22.8. The Balaban J connectivity index is 0.892. The highest BCUT2D eigenvalue weighted by atomic mass is 16.5. The van der Waals surface area contributed by atoms with E-state index in [1.807, 2.05) is 0 Å². The largest absolute Gasteiger partial charge is 0.458 e. The fourth-order valence-electron chi connectivity index (χ4n) is 14.9. The monoisotopic (exact) mass is 1140 g/mol. The fourth-order valence-corrected chi connectivity index (χ4v) is 14.9. The SMILES string of the molecule is Cc1cccc(C)c1N1c2cc3c4ccc5cc(N(c6ccccc6)c6ccccc6)ccc5c4n(-c4ccccc4)c3cc2B2c3cc4c(cc3Oc3cccc1c32)c1ccc2cc(N(c3ccccc3)c3ccccc3)ccc2c1n4-c1ccccc1. The molecule has 0 aliphatic carbocycles. The molecule has 6 nitrogen and oxygen atoms in total. The van der Waals surface area contributed by atoms with Crippen LogP contribution in [-0.2, 0) is 0 Å². The minimum absolute atomic E-state index is 0.193. The Morgan fingerprint density at radius 1 is 0.315 bits per heavy atom. The summed E-state index contributed by atoms with van der Waals surface area (Å²) in [5, 5.41) is 9.38. The molecule has 0 unspecified atom stereocenters. The van der Waals surface area contributed by atoms with Crippen molar-refractivity contribution in [2.24, 2.45) is 0 Å². The highest BCUT2D eigenvalue weighted by molar-refractivity contribution is 6.99. The van der Waals surface area contributed by atoms with Crippen LogP contribution < -0.4 is 35.8 Å². The quantitative estimate of drug-likeness (QED) is 0.135. The van der Waals surface area contributed by atoms with Crippen molar-refractivity contribution < 1.29 is 4.74 Å². The van der Waals surface area contributed by atoms with Gasteiger partial charge in [-0.2, -0.15) is 0 Å². The number of anilines is 9. The van der Waals surface area contributed by atoms with Crippen molar-refractivity contribution in [2.75, 3.05) is 14.7 Å². The molecule has 14 aromatic carbocycles. The van der Waals surface area contributed by atoms with Gasteiger partial charge in [-0.05, 0) is 186 Å². The molecule has 18 rings (SSSR count). The van der Waals surface area contributed by atoms with Crippen LogP contribution in [0.3, 0.4) is 0 Å². The first-order valence-electron chi connectivity index (χ1n) is 30.7. The molecule has 16 aromatic rings. The molecule has 2 aromatic heterocycles. The van der Waals surface area contributed by atoms with Gasteiger partial charge in [0.25, 0.3) is 6.71 Å². The smallest absolute Gasteiger partial charge is 0.256 e. The van der Waals surface area contributed by atoms with Crippen LogP contribution in [0, 0.1) is 13.8 Å². The van der Waals surface area contributed by atoms with Crippen LogP contribution in [0.1, 0.15) is 11.1 Å². The summed E-state index contributed by atoms with van der Waals surface area (Å²) in [6, 6.07) is 111. The molecule has 0 bridgehead atoms. The van der Waals surface area contributed by atoms with Gasteiger partial charge in [0.1, 0.15) is 11.5 Å². The minimum Gasteiger partial charge on any atom is -0.458 e. The lowest BCUT2D eigenvalue weighted by Crippen LogP contribution is -2.59. The first-order chi connectivity index (χ1) is 44.0. The lowest BCUT2D eigenvalue weighted by Gasteiger charge is -2.41. The third-order valence-electron chi connectivity index (χ3n) is 18.7. The summed E-state index contributed by atoms with van der Waals surface area (Å²) in [6.07, 6.45) is 0. The summed E-state index contributed by atoms with van der Waals surface area (Å²) in [6.45, 7) is 4.30. The maximum absolute atomic E-state index is 7.38. The van der Waals surface area contributed by atoms with Gasteiger partial charge in [0.15, 0.2) is 0 Å². The number of benzene rings is 14. The summed E-state index contributed by atoms with van der Waals surface area (Å²) in [7, 11) is 0. The van der Waals surface area contributed by atoms with E-state index in [0.29, 0.717) is 0 Å². The van der Waals surface area contributed by atoms with E-state index in [0.717, 1.165) is 112 Å². The van der Waals surface area contributed by atoms with Gasteiger partial charge in [-0.15, -0.1) is 0 Å². The van der Waals surface area contributed by atoms with Crippen molar-refractivity contribution >= 4 is 139 Å². The van der Waals surface area contributed by atoms with Crippen LogP contribution in [-0.4, -0.2) is 15.8 Å². The molecule has 89 heavy (non-hydrogen) atoms. The van der Waals surface area contributed by atoms with Gasteiger partial charge in [0, 0.05) is 89.2 Å². The Hall–Kier alpha value is -11.5. The average Bonchev–Trinajstić information content (AvgIpc) is 1.70. The molecule has 0 saturated carbocycles. The lowest BCUT2D eigenvalue weighted by atomic mass is 9.34. The molecule has 0 N–H and O–H groups in total. The second-order valence-electron chi connectivity index (χ2n) is 23.7. The van der Waals surface area contributed by atoms with E-state index in [-0.39, 0.29) is 6.71 Å². The Labute approximate surface area is 516 Å². The van der Waals surface area contributed by atoms with Crippen molar-refractivity contribution in [3.05, 3.63) is 314 Å². The topological polar surface area (TPSA) is 28.8 Å². The summed E-state index contributed by atoms with van der Waals surface area (Å²) in [5.74, 6) is 1.74. The maximum atomic E-state index is 7.38. The van der Waals surface area contributed by atoms with Crippen LogP contribution >= 0.6 is 0 Å². The molecule has 7 heteroatoms. The number of hydrogen-bond donors (Lipinski definition) is 0. The van der Waals surface area contributed by atoms with E-state index in [4.69, 9.17) is 4.74 Å². The Bertz CT molecular complexity index is 5400. The number of nitrogens with zero attached hydrogens (tertiary/aromatic N) is 5. The molecule has 0 spiro atoms. The van der Waals surface area contributed by atoms with Crippen molar-refractivity contribution in [2.45, 2.75) is 13.8 Å². The molecule has 4 heterocycles. The van der Waals surface area contributed by atoms with Crippen LogP contribution in [0.2, 0.25) is 0 Å².